The summed E-state index contributed by atoms with van der Waals surface area (Å²) in [7, 11) is 0. The second kappa shape index (κ2) is 10.0. The first-order valence-corrected chi connectivity index (χ1v) is 12.1. The lowest BCUT2D eigenvalue weighted by Gasteiger charge is -2.17. The molecule has 0 unspecified atom stereocenters. The predicted octanol–water partition coefficient (Wildman–Crippen LogP) is 5.26. The van der Waals surface area contributed by atoms with E-state index in [0.29, 0.717) is 16.4 Å². The van der Waals surface area contributed by atoms with Crippen LogP contribution in [-0.4, -0.2) is 34.2 Å². The van der Waals surface area contributed by atoms with Crippen LogP contribution in [-0.2, 0) is 14.3 Å². The molecule has 0 fully saturated rings. The van der Waals surface area contributed by atoms with Gasteiger partial charge in [-0.05, 0) is 52.3 Å². The van der Waals surface area contributed by atoms with Crippen LogP contribution >= 0.6 is 11.3 Å². The van der Waals surface area contributed by atoms with Crippen LogP contribution in [0.1, 0.15) is 58.5 Å². The number of nitrogens with zero attached hydrogens (tertiary/aromatic N) is 2. The number of hydrogen-bond donors (Lipinski definition) is 2. The third kappa shape index (κ3) is 5.79. The molecule has 9 heteroatoms. The Morgan fingerprint density at radius 1 is 1.00 bits per heavy atom. The summed E-state index contributed by atoms with van der Waals surface area (Å²) in [6.45, 7) is 14.3. The van der Waals surface area contributed by atoms with Crippen molar-refractivity contribution in [1.29, 1.82) is 0 Å². The Morgan fingerprint density at radius 2 is 1.63 bits per heavy atom. The van der Waals surface area contributed by atoms with Crippen LogP contribution in [0.3, 0.4) is 0 Å². The van der Waals surface area contributed by atoms with Crippen molar-refractivity contribution in [2.24, 2.45) is 5.41 Å². The standard InChI is InChI=1S/C26H32N4O4S/c1-14-9-11-19(12-10-14)30-17(4)22(16(3)29-30)27-20(31)13-34-24(32)21-15(2)18(5)35-23(21)28-25(33)26(6,7)8/h9-12H,13H2,1-8H3,(H,27,31)(H,28,33). The molecule has 0 atom stereocenters. The van der Waals surface area contributed by atoms with E-state index >= 15 is 0 Å². The Balaban J connectivity index is 1.71. The molecule has 35 heavy (non-hydrogen) atoms. The maximum absolute atomic E-state index is 12.9. The molecule has 0 spiro atoms. The molecule has 2 heterocycles. The van der Waals surface area contributed by atoms with Gasteiger partial charge in [0.1, 0.15) is 5.00 Å². The number of thiophene rings is 1. The monoisotopic (exact) mass is 496 g/mol. The average molecular weight is 497 g/mol. The maximum Gasteiger partial charge on any atom is 0.341 e. The van der Waals surface area contributed by atoms with Crippen molar-refractivity contribution in [3.63, 3.8) is 0 Å². The molecule has 0 aliphatic heterocycles. The van der Waals surface area contributed by atoms with Crippen molar-refractivity contribution in [1.82, 2.24) is 9.78 Å². The van der Waals surface area contributed by atoms with E-state index in [0.717, 1.165) is 27.4 Å². The highest BCUT2D eigenvalue weighted by Crippen LogP contribution is 2.34. The number of benzene rings is 1. The van der Waals surface area contributed by atoms with Gasteiger partial charge in [0.15, 0.2) is 6.61 Å². The summed E-state index contributed by atoms with van der Waals surface area (Å²) in [5.41, 5.74) is 4.40. The molecule has 2 aromatic heterocycles. The third-order valence-corrected chi connectivity index (χ3v) is 6.79. The van der Waals surface area contributed by atoms with Gasteiger partial charge in [-0.3, -0.25) is 9.59 Å². The summed E-state index contributed by atoms with van der Waals surface area (Å²) in [6.07, 6.45) is 0. The van der Waals surface area contributed by atoms with Crippen LogP contribution < -0.4 is 10.6 Å². The second-order valence-corrected chi connectivity index (χ2v) is 10.8. The molecule has 8 nitrogen and oxygen atoms in total. The van der Waals surface area contributed by atoms with E-state index in [1.165, 1.54) is 11.3 Å². The largest absolute Gasteiger partial charge is 0.452 e. The molecule has 3 rings (SSSR count). The van der Waals surface area contributed by atoms with E-state index in [4.69, 9.17) is 4.74 Å². The Labute approximate surface area is 209 Å². The number of esters is 1. The summed E-state index contributed by atoms with van der Waals surface area (Å²) in [5, 5.41) is 10.6. The molecule has 2 amide bonds. The molecule has 0 aliphatic carbocycles. The Kier molecular flexibility index (Phi) is 7.50. The number of hydrogen-bond acceptors (Lipinski definition) is 6. The van der Waals surface area contributed by atoms with E-state index < -0.39 is 23.9 Å². The molecule has 1 aromatic carbocycles. The number of carbonyl (C=O) groups excluding carboxylic acids is 3. The van der Waals surface area contributed by atoms with Crippen molar-refractivity contribution in [3.8, 4) is 5.69 Å². The molecule has 0 saturated carbocycles. The second-order valence-electron chi connectivity index (χ2n) is 9.61. The van der Waals surface area contributed by atoms with Crippen LogP contribution in [0.4, 0.5) is 10.7 Å². The van der Waals surface area contributed by atoms with Crippen molar-refractivity contribution in [3.05, 3.63) is 57.2 Å². The third-order valence-electron chi connectivity index (χ3n) is 5.67. The van der Waals surface area contributed by atoms with Gasteiger partial charge < -0.3 is 15.4 Å². The van der Waals surface area contributed by atoms with E-state index in [-0.39, 0.29) is 11.5 Å². The van der Waals surface area contributed by atoms with Gasteiger partial charge >= 0.3 is 5.97 Å². The zero-order valence-electron chi connectivity index (χ0n) is 21.5. The fourth-order valence-corrected chi connectivity index (χ4v) is 4.43. The van der Waals surface area contributed by atoms with Crippen molar-refractivity contribution < 1.29 is 19.1 Å². The lowest BCUT2D eigenvalue weighted by Crippen LogP contribution is -2.28. The number of aromatic nitrogens is 2. The molecule has 2 N–H and O–H groups in total. The summed E-state index contributed by atoms with van der Waals surface area (Å²) in [6, 6.07) is 7.92. The first kappa shape index (κ1) is 26.2. The van der Waals surface area contributed by atoms with Gasteiger partial charge in [-0.15, -0.1) is 11.3 Å². The fourth-order valence-electron chi connectivity index (χ4n) is 3.39. The number of anilines is 2. The van der Waals surface area contributed by atoms with Gasteiger partial charge in [0.05, 0.1) is 28.3 Å². The van der Waals surface area contributed by atoms with Gasteiger partial charge in [-0.2, -0.15) is 5.10 Å². The Hall–Kier alpha value is -3.46. The van der Waals surface area contributed by atoms with Gasteiger partial charge in [-0.25, -0.2) is 9.48 Å². The molecule has 0 saturated heterocycles. The number of ether oxygens (including phenoxy) is 1. The Morgan fingerprint density at radius 3 is 2.23 bits per heavy atom. The Bertz CT molecular complexity index is 1280. The van der Waals surface area contributed by atoms with Crippen LogP contribution in [0.25, 0.3) is 5.69 Å². The van der Waals surface area contributed by atoms with Crippen molar-refractivity contribution >= 4 is 39.8 Å². The molecule has 0 radical (unpaired) electrons. The lowest BCUT2D eigenvalue weighted by atomic mass is 9.96. The smallest absolute Gasteiger partial charge is 0.341 e. The molecule has 0 aliphatic rings. The number of carbonyl (C=O) groups is 3. The minimum Gasteiger partial charge on any atom is -0.452 e. The highest BCUT2D eigenvalue weighted by atomic mass is 32.1. The van der Waals surface area contributed by atoms with Crippen LogP contribution in [0.2, 0.25) is 0 Å². The predicted molar refractivity (Wildman–Crippen MR) is 139 cm³/mol. The molecule has 3 aromatic rings. The van der Waals surface area contributed by atoms with Gasteiger partial charge in [-0.1, -0.05) is 38.5 Å². The van der Waals surface area contributed by atoms with Crippen molar-refractivity contribution in [2.75, 3.05) is 17.2 Å². The maximum atomic E-state index is 12.9. The van der Waals surface area contributed by atoms with E-state index in [2.05, 4.69) is 15.7 Å². The summed E-state index contributed by atoms with van der Waals surface area (Å²) in [4.78, 5) is 38.9. The summed E-state index contributed by atoms with van der Waals surface area (Å²) in [5.74, 6) is -1.34. The summed E-state index contributed by atoms with van der Waals surface area (Å²) >= 11 is 1.31. The normalized spacial score (nSPS) is 11.3. The number of amides is 2. The molecular formula is C26H32N4O4S. The average Bonchev–Trinajstić information content (AvgIpc) is 3.21. The number of rotatable bonds is 6. The van der Waals surface area contributed by atoms with E-state index in [9.17, 15) is 14.4 Å². The van der Waals surface area contributed by atoms with Crippen LogP contribution in [0, 0.1) is 40.0 Å². The van der Waals surface area contributed by atoms with E-state index in [1.54, 1.807) is 39.3 Å². The minimum absolute atomic E-state index is 0.206. The zero-order chi connectivity index (χ0) is 26.1. The summed E-state index contributed by atoms with van der Waals surface area (Å²) < 4.78 is 7.09. The SMILES string of the molecule is Cc1ccc(-n2nc(C)c(NC(=O)COC(=O)c3c(NC(=O)C(C)(C)C)sc(C)c3C)c2C)cc1. The zero-order valence-corrected chi connectivity index (χ0v) is 22.3. The minimum atomic E-state index is -0.657. The lowest BCUT2D eigenvalue weighted by molar-refractivity contribution is -0.123. The quantitative estimate of drug-likeness (QED) is 0.454. The topological polar surface area (TPSA) is 102 Å². The number of aryl methyl sites for hydroxylation is 3. The first-order valence-electron chi connectivity index (χ1n) is 11.3. The van der Waals surface area contributed by atoms with Crippen molar-refractivity contribution in [2.45, 2.75) is 55.4 Å². The van der Waals surface area contributed by atoms with Gasteiger partial charge in [0.2, 0.25) is 5.91 Å². The molecule has 0 bridgehead atoms. The highest BCUT2D eigenvalue weighted by molar-refractivity contribution is 7.16. The van der Waals surface area contributed by atoms with E-state index in [1.807, 2.05) is 45.0 Å². The fraction of sp³-hybridized carbons (Fsp3) is 0.385. The first-order chi connectivity index (χ1) is 16.3. The molecule has 186 valence electrons. The van der Waals surface area contributed by atoms with Crippen LogP contribution in [0.5, 0.6) is 0 Å². The highest BCUT2D eigenvalue weighted by Gasteiger charge is 2.27. The van der Waals surface area contributed by atoms with Gasteiger partial charge in [0.25, 0.3) is 5.91 Å². The molecular weight excluding hydrogens is 464 g/mol. The van der Waals surface area contributed by atoms with Crippen LogP contribution in [0.15, 0.2) is 24.3 Å². The number of nitrogens with one attached hydrogen (secondary N) is 2. The van der Waals surface area contributed by atoms with Gasteiger partial charge in [0, 0.05) is 10.3 Å².